The van der Waals surface area contributed by atoms with Crippen molar-refractivity contribution in [3.63, 3.8) is 0 Å². The van der Waals surface area contributed by atoms with Gasteiger partial charge in [-0.15, -0.1) is 0 Å². The molecule has 0 N–H and O–H groups in total. The molecule has 2 aliphatic heterocycles. The highest BCUT2D eigenvalue weighted by atomic mass is 16.5. The lowest BCUT2D eigenvalue weighted by molar-refractivity contribution is -0.139. The van der Waals surface area contributed by atoms with Crippen LogP contribution in [0.25, 0.3) is 0 Å². The van der Waals surface area contributed by atoms with Crippen molar-refractivity contribution in [2.45, 2.75) is 44.8 Å². The number of likely N-dealkylation sites (tertiary alicyclic amines) is 1. The summed E-state index contributed by atoms with van der Waals surface area (Å²) in [6, 6.07) is 0.0121. The number of likely N-dealkylation sites (N-methyl/N-ethyl adjacent to an activating group) is 1. The Morgan fingerprint density at radius 3 is 2.57 bits per heavy atom. The molecular formula is C16H30N2O3. The zero-order valence-corrected chi connectivity index (χ0v) is 13.7. The summed E-state index contributed by atoms with van der Waals surface area (Å²) >= 11 is 0. The molecule has 5 heteroatoms. The summed E-state index contributed by atoms with van der Waals surface area (Å²) in [6.45, 7) is 6.27. The first kappa shape index (κ1) is 16.7. The number of ether oxygens (including phenoxy) is 2. The molecule has 1 amide bonds. The summed E-state index contributed by atoms with van der Waals surface area (Å²) in [7, 11) is 3.96. The summed E-state index contributed by atoms with van der Waals surface area (Å²) in [5, 5.41) is 0. The second-order valence-corrected chi connectivity index (χ2v) is 6.48. The topological polar surface area (TPSA) is 42.0 Å². The van der Waals surface area contributed by atoms with Crippen LogP contribution < -0.4 is 0 Å². The van der Waals surface area contributed by atoms with Crippen molar-refractivity contribution in [1.29, 1.82) is 0 Å². The predicted octanol–water partition coefficient (Wildman–Crippen LogP) is 1.37. The highest BCUT2D eigenvalue weighted by molar-refractivity contribution is 5.81. The van der Waals surface area contributed by atoms with Gasteiger partial charge in [-0.05, 0) is 39.8 Å². The fraction of sp³-hybridized carbons (Fsp3) is 0.938. The minimum atomic E-state index is 0.0121. The molecule has 0 aromatic heterocycles. The highest BCUT2D eigenvalue weighted by Crippen LogP contribution is 2.19. The number of carbonyl (C=O) groups excluding carboxylic acids is 1. The molecule has 122 valence electrons. The average molecular weight is 298 g/mol. The zero-order chi connectivity index (χ0) is 15.2. The number of hydrogen-bond donors (Lipinski definition) is 0. The smallest absolute Gasteiger partial charge is 0.239 e. The monoisotopic (exact) mass is 298 g/mol. The van der Waals surface area contributed by atoms with E-state index < -0.39 is 0 Å². The lowest BCUT2D eigenvalue weighted by Gasteiger charge is -2.35. The van der Waals surface area contributed by atoms with E-state index in [1.54, 1.807) is 0 Å². The fourth-order valence-corrected chi connectivity index (χ4v) is 3.20. The van der Waals surface area contributed by atoms with Crippen LogP contribution in [-0.2, 0) is 14.3 Å². The lowest BCUT2D eigenvalue weighted by Crippen LogP contribution is -2.49. The van der Waals surface area contributed by atoms with Crippen LogP contribution in [0.4, 0.5) is 0 Å². The van der Waals surface area contributed by atoms with Gasteiger partial charge in [-0.1, -0.05) is 6.92 Å². The Bertz CT molecular complexity index is 321. The first-order chi connectivity index (χ1) is 10.1. The highest BCUT2D eigenvalue weighted by Gasteiger charge is 2.29. The molecule has 0 saturated carbocycles. The van der Waals surface area contributed by atoms with E-state index in [0.717, 1.165) is 58.6 Å². The maximum Gasteiger partial charge on any atom is 0.239 e. The van der Waals surface area contributed by atoms with Gasteiger partial charge in [0.2, 0.25) is 5.91 Å². The van der Waals surface area contributed by atoms with E-state index in [9.17, 15) is 4.79 Å². The van der Waals surface area contributed by atoms with Crippen LogP contribution in [-0.4, -0.2) is 74.9 Å². The van der Waals surface area contributed by atoms with Crippen LogP contribution in [0.2, 0.25) is 0 Å². The second-order valence-electron chi connectivity index (χ2n) is 6.48. The van der Waals surface area contributed by atoms with E-state index >= 15 is 0 Å². The number of rotatable bonds is 6. The van der Waals surface area contributed by atoms with Crippen LogP contribution in [0.15, 0.2) is 0 Å². The first-order valence-corrected chi connectivity index (χ1v) is 8.26. The third kappa shape index (κ3) is 4.66. The van der Waals surface area contributed by atoms with Gasteiger partial charge in [-0.2, -0.15) is 0 Å². The van der Waals surface area contributed by atoms with Gasteiger partial charge in [0.15, 0.2) is 0 Å². The van der Waals surface area contributed by atoms with Crippen molar-refractivity contribution in [3.8, 4) is 0 Å². The number of hydrogen-bond acceptors (Lipinski definition) is 4. The molecule has 0 aromatic carbocycles. The van der Waals surface area contributed by atoms with Crippen LogP contribution >= 0.6 is 0 Å². The van der Waals surface area contributed by atoms with Crippen molar-refractivity contribution in [1.82, 2.24) is 9.80 Å². The Morgan fingerprint density at radius 1 is 1.33 bits per heavy atom. The fourth-order valence-electron chi connectivity index (χ4n) is 3.20. The Labute approximate surface area is 128 Å². The molecule has 5 nitrogen and oxygen atoms in total. The number of piperidine rings is 1. The predicted molar refractivity (Wildman–Crippen MR) is 82.2 cm³/mol. The van der Waals surface area contributed by atoms with Gasteiger partial charge in [0.1, 0.15) is 0 Å². The molecule has 2 fully saturated rings. The number of carbonyl (C=O) groups is 1. The van der Waals surface area contributed by atoms with Gasteiger partial charge in [0.25, 0.3) is 0 Å². The summed E-state index contributed by atoms with van der Waals surface area (Å²) in [4.78, 5) is 16.5. The Morgan fingerprint density at radius 2 is 2.05 bits per heavy atom. The third-order valence-corrected chi connectivity index (χ3v) is 4.64. The summed E-state index contributed by atoms with van der Waals surface area (Å²) in [5.41, 5.74) is 0. The van der Waals surface area contributed by atoms with E-state index in [1.807, 2.05) is 23.9 Å². The summed E-state index contributed by atoms with van der Waals surface area (Å²) in [6.07, 6.45) is 4.23. The molecule has 2 heterocycles. The Kier molecular flexibility index (Phi) is 6.45. The minimum Gasteiger partial charge on any atom is -0.381 e. The molecular weight excluding hydrogens is 268 g/mol. The normalized spacial score (nSPS) is 25.5. The summed E-state index contributed by atoms with van der Waals surface area (Å²) < 4.78 is 11.4. The van der Waals surface area contributed by atoms with Crippen molar-refractivity contribution < 1.29 is 14.3 Å². The van der Waals surface area contributed by atoms with Crippen LogP contribution in [0.3, 0.4) is 0 Å². The quantitative estimate of drug-likeness (QED) is 0.743. The lowest BCUT2D eigenvalue weighted by atomic mass is 10.0. The third-order valence-electron chi connectivity index (χ3n) is 4.64. The van der Waals surface area contributed by atoms with Crippen LogP contribution in [0, 0.1) is 5.92 Å². The Balaban J connectivity index is 1.70. The second kappa shape index (κ2) is 8.11. The van der Waals surface area contributed by atoms with Gasteiger partial charge < -0.3 is 14.4 Å². The van der Waals surface area contributed by atoms with E-state index in [4.69, 9.17) is 9.47 Å². The van der Waals surface area contributed by atoms with Crippen molar-refractivity contribution >= 4 is 5.91 Å². The van der Waals surface area contributed by atoms with Gasteiger partial charge in [-0.25, -0.2) is 0 Å². The van der Waals surface area contributed by atoms with Crippen molar-refractivity contribution in [2.75, 3.05) is 47.0 Å². The van der Waals surface area contributed by atoms with Gasteiger partial charge in [0, 0.05) is 25.6 Å². The number of nitrogens with zero attached hydrogens (tertiary/aromatic N) is 2. The molecule has 2 rings (SSSR count). The van der Waals surface area contributed by atoms with E-state index in [1.165, 1.54) is 0 Å². The molecule has 0 bridgehead atoms. The van der Waals surface area contributed by atoms with Gasteiger partial charge in [-0.3, -0.25) is 9.69 Å². The van der Waals surface area contributed by atoms with E-state index in [0.29, 0.717) is 12.0 Å². The maximum absolute atomic E-state index is 12.5. The van der Waals surface area contributed by atoms with E-state index in [2.05, 4.69) is 6.92 Å². The molecule has 2 saturated heterocycles. The molecule has 0 aromatic rings. The Hall–Kier alpha value is -0.650. The van der Waals surface area contributed by atoms with Gasteiger partial charge >= 0.3 is 0 Å². The molecule has 21 heavy (non-hydrogen) atoms. The van der Waals surface area contributed by atoms with Crippen molar-refractivity contribution in [2.24, 2.45) is 5.92 Å². The largest absolute Gasteiger partial charge is 0.381 e. The standard InChI is InChI=1S/C16H30N2O3/c1-4-15(17(2)3)16(19)18-8-5-14(6-9-18)21-12-13-7-10-20-11-13/h13-15H,4-12H2,1-3H3/t13-,15-/m0/s1. The van der Waals surface area contributed by atoms with E-state index in [-0.39, 0.29) is 11.9 Å². The molecule has 0 radical (unpaired) electrons. The number of amides is 1. The molecule has 0 unspecified atom stereocenters. The SMILES string of the molecule is CC[C@@H](C(=O)N1CCC(OC[C@H]2CCOC2)CC1)N(C)C. The maximum atomic E-state index is 12.5. The molecule has 2 atom stereocenters. The van der Waals surface area contributed by atoms with Crippen LogP contribution in [0.1, 0.15) is 32.6 Å². The average Bonchev–Trinajstić information content (AvgIpc) is 2.99. The molecule has 2 aliphatic rings. The zero-order valence-electron chi connectivity index (χ0n) is 13.7. The minimum absolute atomic E-state index is 0.0121. The van der Waals surface area contributed by atoms with Crippen molar-refractivity contribution in [3.05, 3.63) is 0 Å². The first-order valence-electron chi connectivity index (χ1n) is 8.26. The summed E-state index contributed by atoms with van der Waals surface area (Å²) in [5.74, 6) is 0.841. The van der Waals surface area contributed by atoms with Gasteiger partial charge in [0.05, 0.1) is 25.4 Å². The molecule has 0 aliphatic carbocycles. The molecule has 0 spiro atoms. The van der Waals surface area contributed by atoms with Crippen LogP contribution in [0.5, 0.6) is 0 Å².